The zero-order valence-electron chi connectivity index (χ0n) is 20.2. The molecule has 184 valence electrons. The molecule has 9 nitrogen and oxygen atoms in total. The Morgan fingerprint density at radius 2 is 1.72 bits per heavy atom. The van der Waals surface area contributed by atoms with Crippen LogP contribution in [0.2, 0.25) is 0 Å². The molecule has 0 radical (unpaired) electrons. The van der Waals surface area contributed by atoms with E-state index in [-0.39, 0.29) is 33.9 Å². The third-order valence-electron chi connectivity index (χ3n) is 5.82. The first-order valence-corrected chi connectivity index (χ1v) is 11.7. The number of nitriles is 1. The van der Waals surface area contributed by atoms with E-state index in [0.29, 0.717) is 38.6 Å². The van der Waals surface area contributed by atoms with E-state index in [4.69, 9.17) is 25.7 Å². The highest BCUT2D eigenvalue weighted by Gasteiger charge is 2.26. The van der Waals surface area contributed by atoms with Gasteiger partial charge >= 0.3 is 0 Å². The third-order valence-corrected chi connectivity index (χ3v) is 6.92. The van der Waals surface area contributed by atoms with Gasteiger partial charge in [-0.2, -0.15) is 5.26 Å². The molecule has 0 saturated heterocycles. The van der Waals surface area contributed by atoms with Crippen molar-refractivity contribution in [2.24, 2.45) is 0 Å². The first-order valence-electron chi connectivity index (χ1n) is 10.9. The van der Waals surface area contributed by atoms with Crippen LogP contribution in [0.25, 0.3) is 21.3 Å². The minimum absolute atomic E-state index is 0.0274. The normalized spacial score (nSPS) is 11.5. The van der Waals surface area contributed by atoms with Gasteiger partial charge in [0, 0.05) is 10.9 Å². The number of carbonyl (C=O) groups excluding carboxylic acids is 1. The van der Waals surface area contributed by atoms with Gasteiger partial charge in [0.2, 0.25) is 5.75 Å². The van der Waals surface area contributed by atoms with Crippen LogP contribution in [0.1, 0.15) is 33.8 Å². The van der Waals surface area contributed by atoms with Crippen molar-refractivity contribution in [3.05, 3.63) is 58.5 Å². The average molecular weight is 504 g/mol. The molecule has 10 heteroatoms. The fourth-order valence-corrected chi connectivity index (χ4v) is 5.07. The molecule has 5 N–H and O–H groups in total. The van der Waals surface area contributed by atoms with Crippen LogP contribution in [-0.2, 0) is 0 Å². The van der Waals surface area contributed by atoms with Gasteiger partial charge in [-0.3, -0.25) is 4.79 Å². The van der Waals surface area contributed by atoms with Gasteiger partial charge in [-0.15, -0.1) is 11.3 Å². The number of methoxy groups -OCH3 is 3. The van der Waals surface area contributed by atoms with E-state index in [9.17, 15) is 10.1 Å². The summed E-state index contributed by atoms with van der Waals surface area (Å²) in [7, 11) is 4.50. The van der Waals surface area contributed by atoms with Crippen LogP contribution in [0.3, 0.4) is 0 Å². The SMILES string of the molecule is COc1cc(-c2c(C#N)c(N)nc3sc(C(=O)NC(C)c4ccccc4)c(N)c23)cc(OC)c1OC. The van der Waals surface area contributed by atoms with Crippen molar-refractivity contribution in [2.45, 2.75) is 13.0 Å². The predicted octanol–water partition coefficient (Wildman–Crippen LogP) is 4.52. The number of pyridine rings is 1. The van der Waals surface area contributed by atoms with E-state index in [1.807, 2.05) is 37.3 Å². The molecule has 0 aliphatic carbocycles. The minimum Gasteiger partial charge on any atom is -0.493 e. The Bertz CT molecular complexity index is 1470. The lowest BCUT2D eigenvalue weighted by Crippen LogP contribution is -2.26. The summed E-state index contributed by atoms with van der Waals surface area (Å²) in [6, 6.07) is 14.9. The van der Waals surface area contributed by atoms with Gasteiger partial charge in [0.05, 0.1) is 33.1 Å². The smallest absolute Gasteiger partial charge is 0.264 e. The highest BCUT2D eigenvalue weighted by molar-refractivity contribution is 7.21. The standard InChI is InChI=1S/C26H25N5O4S/c1-13(14-8-6-5-7-9-14)30-25(32)23-21(28)20-19(16(12-27)24(29)31-26(20)36-23)15-10-17(33-2)22(35-4)18(11-15)34-3/h5-11,13H,28H2,1-4H3,(H2,29,31)(H,30,32). The molecule has 36 heavy (non-hydrogen) atoms. The molecule has 1 unspecified atom stereocenters. The molecule has 2 aromatic carbocycles. The summed E-state index contributed by atoms with van der Waals surface area (Å²) >= 11 is 1.11. The van der Waals surface area contributed by atoms with Crippen molar-refractivity contribution < 1.29 is 19.0 Å². The van der Waals surface area contributed by atoms with Gasteiger partial charge in [-0.05, 0) is 30.2 Å². The number of carbonyl (C=O) groups is 1. The van der Waals surface area contributed by atoms with Crippen LogP contribution in [-0.4, -0.2) is 32.2 Å². The lowest BCUT2D eigenvalue weighted by molar-refractivity contribution is 0.0945. The van der Waals surface area contributed by atoms with Crippen LogP contribution in [0.4, 0.5) is 11.5 Å². The molecule has 0 fully saturated rings. The molecule has 0 aliphatic rings. The molecule has 1 atom stereocenters. The van der Waals surface area contributed by atoms with Crippen LogP contribution in [0, 0.1) is 11.3 Å². The predicted molar refractivity (Wildman–Crippen MR) is 141 cm³/mol. The Labute approximate surface area is 212 Å². The second-order valence-electron chi connectivity index (χ2n) is 7.90. The highest BCUT2D eigenvalue weighted by Crippen LogP contribution is 2.47. The number of nitrogens with zero attached hydrogens (tertiary/aromatic N) is 2. The maximum absolute atomic E-state index is 13.2. The first kappa shape index (κ1) is 24.6. The first-order chi connectivity index (χ1) is 17.3. The minimum atomic E-state index is -0.347. The number of nitrogens with one attached hydrogen (secondary N) is 1. The molecule has 1 amide bonds. The Balaban J connectivity index is 1.90. The van der Waals surface area contributed by atoms with Crippen molar-refractivity contribution in [1.82, 2.24) is 10.3 Å². The summed E-state index contributed by atoms with van der Waals surface area (Å²) in [5.74, 6) is 0.860. The molecule has 4 rings (SSSR count). The number of aromatic nitrogens is 1. The van der Waals surface area contributed by atoms with Crippen LogP contribution < -0.4 is 31.0 Å². The molecule has 2 aromatic heterocycles. The summed E-state index contributed by atoms with van der Waals surface area (Å²) in [5, 5.41) is 13.4. The van der Waals surface area contributed by atoms with Gasteiger partial charge in [0.15, 0.2) is 11.5 Å². The van der Waals surface area contributed by atoms with Crippen molar-refractivity contribution in [3.63, 3.8) is 0 Å². The van der Waals surface area contributed by atoms with Crippen LogP contribution in [0.5, 0.6) is 17.2 Å². The summed E-state index contributed by atoms with van der Waals surface area (Å²) in [6.45, 7) is 1.89. The number of hydrogen-bond donors (Lipinski definition) is 3. The molecule has 0 aliphatic heterocycles. The Morgan fingerprint density at radius 3 is 2.28 bits per heavy atom. The van der Waals surface area contributed by atoms with Crippen molar-refractivity contribution in [3.8, 4) is 34.4 Å². The number of benzene rings is 2. The van der Waals surface area contributed by atoms with Crippen molar-refractivity contribution in [2.75, 3.05) is 32.8 Å². The van der Waals surface area contributed by atoms with Gasteiger partial charge in [0.1, 0.15) is 27.2 Å². The van der Waals surface area contributed by atoms with Crippen molar-refractivity contribution >= 4 is 39.0 Å². The number of thiophene rings is 1. The molecule has 0 bridgehead atoms. The second kappa shape index (κ2) is 10.0. The number of nitrogen functional groups attached to an aromatic ring is 2. The van der Waals surface area contributed by atoms with E-state index in [0.717, 1.165) is 16.9 Å². The van der Waals surface area contributed by atoms with E-state index in [2.05, 4.69) is 16.4 Å². The Kier molecular flexibility index (Phi) is 6.85. The number of nitrogens with two attached hydrogens (primary N) is 2. The fraction of sp³-hybridized carbons (Fsp3) is 0.192. The topological polar surface area (TPSA) is 146 Å². The Morgan fingerprint density at radius 1 is 1.08 bits per heavy atom. The molecular formula is C26H25N5O4S. The van der Waals surface area contributed by atoms with E-state index in [1.165, 1.54) is 21.3 Å². The molecule has 0 spiro atoms. The average Bonchev–Trinajstić information content (AvgIpc) is 3.22. The third kappa shape index (κ3) is 4.21. The van der Waals surface area contributed by atoms with Gasteiger partial charge in [-0.25, -0.2) is 4.98 Å². The number of rotatable bonds is 7. The maximum atomic E-state index is 13.2. The monoisotopic (exact) mass is 503 g/mol. The maximum Gasteiger partial charge on any atom is 0.264 e. The zero-order chi connectivity index (χ0) is 26.0. The van der Waals surface area contributed by atoms with Crippen molar-refractivity contribution in [1.29, 1.82) is 5.26 Å². The number of amides is 1. The van der Waals surface area contributed by atoms with Gasteiger partial charge in [-0.1, -0.05) is 30.3 Å². The summed E-state index contributed by atoms with van der Waals surface area (Å²) in [5.41, 5.74) is 15.0. The van der Waals surface area contributed by atoms with E-state index in [1.54, 1.807) is 12.1 Å². The van der Waals surface area contributed by atoms with Gasteiger partial charge in [0.25, 0.3) is 5.91 Å². The lowest BCUT2D eigenvalue weighted by Gasteiger charge is -2.16. The second-order valence-corrected chi connectivity index (χ2v) is 8.90. The molecule has 4 aromatic rings. The number of fused-ring (bicyclic) bond motifs is 1. The molecular weight excluding hydrogens is 478 g/mol. The summed E-state index contributed by atoms with van der Waals surface area (Å²) in [4.78, 5) is 18.3. The largest absolute Gasteiger partial charge is 0.493 e. The fourth-order valence-electron chi connectivity index (χ4n) is 4.05. The lowest BCUT2D eigenvalue weighted by atomic mass is 9.96. The highest BCUT2D eigenvalue weighted by atomic mass is 32.1. The molecule has 0 saturated carbocycles. The van der Waals surface area contributed by atoms with E-state index < -0.39 is 0 Å². The number of anilines is 2. The van der Waals surface area contributed by atoms with Gasteiger partial charge < -0.3 is 31.0 Å². The van der Waals surface area contributed by atoms with Crippen LogP contribution >= 0.6 is 11.3 Å². The number of ether oxygens (including phenoxy) is 3. The molecule has 2 heterocycles. The zero-order valence-corrected chi connectivity index (χ0v) is 21.0. The summed E-state index contributed by atoms with van der Waals surface area (Å²) in [6.07, 6.45) is 0. The van der Waals surface area contributed by atoms with Crippen LogP contribution in [0.15, 0.2) is 42.5 Å². The Hall–Kier alpha value is -4.49. The quantitative estimate of drug-likeness (QED) is 0.334. The number of hydrogen-bond acceptors (Lipinski definition) is 9. The van der Waals surface area contributed by atoms with E-state index >= 15 is 0 Å². The summed E-state index contributed by atoms with van der Waals surface area (Å²) < 4.78 is 16.4.